The average molecular weight is 260 g/mol. The van der Waals surface area contributed by atoms with Gasteiger partial charge in [-0.2, -0.15) is 0 Å². The van der Waals surface area contributed by atoms with Gasteiger partial charge in [0.25, 0.3) is 0 Å². The van der Waals surface area contributed by atoms with Crippen LogP contribution in [0.2, 0.25) is 0 Å². The number of hydrogen-bond acceptors (Lipinski definition) is 1. The summed E-state index contributed by atoms with van der Waals surface area (Å²) in [6.45, 7) is 0. The summed E-state index contributed by atoms with van der Waals surface area (Å²) in [6.07, 6.45) is -2.72. The van der Waals surface area contributed by atoms with Crippen LogP contribution in [-0.2, 0) is 0 Å². The van der Waals surface area contributed by atoms with Gasteiger partial charge in [-0.1, -0.05) is 60.7 Å². The second-order valence-electron chi connectivity index (χ2n) is 4.34. The van der Waals surface area contributed by atoms with Crippen molar-refractivity contribution in [3.8, 4) is 0 Å². The molecule has 0 heterocycles. The topological polar surface area (TPSA) is 17.1 Å². The SMILES string of the molecule is O=C(C[C@@H](c1ccccc1)C(F)F)c1ccccc1. The van der Waals surface area contributed by atoms with Crippen molar-refractivity contribution >= 4 is 5.78 Å². The third kappa shape index (κ3) is 3.47. The molecule has 0 aliphatic carbocycles. The molecular formula is C16H14F2O. The molecule has 1 atom stereocenters. The average Bonchev–Trinajstić information content (AvgIpc) is 2.46. The Morgan fingerprint density at radius 3 is 1.95 bits per heavy atom. The van der Waals surface area contributed by atoms with E-state index >= 15 is 0 Å². The number of halogens is 2. The maximum absolute atomic E-state index is 13.1. The lowest BCUT2D eigenvalue weighted by molar-refractivity contribution is 0.0836. The summed E-state index contributed by atoms with van der Waals surface area (Å²) >= 11 is 0. The van der Waals surface area contributed by atoms with Crippen LogP contribution in [0.1, 0.15) is 28.3 Å². The molecule has 0 N–H and O–H groups in total. The van der Waals surface area contributed by atoms with E-state index in [4.69, 9.17) is 0 Å². The first-order valence-electron chi connectivity index (χ1n) is 6.10. The Kier molecular flexibility index (Phi) is 4.39. The molecule has 19 heavy (non-hydrogen) atoms. The van der Waals surface area contributed by atoms with Crippen LogP contribution in [0, 0.1) is 0 Å². The molecule has 2 aromatic carbocycles. The van der Waals surface area contributed by atoms with Crippen LogP contribution in [-0.4, -0.2) is 12.2 Å². The Hall–Kier alpha value is -2.03. The summed E-state index contributed by atoms with van der Waals surface area (Å²) < 4.78 is 26.2. The zero-order valence-corrected chi connectivity index (χ0v) is 10.3. The number of carbonyl (C=O) groups excluding carboxylic acids is 1. The standard InChI is InChI=1S/C16H14F2O/c17-16(18)14(12-7-3-1-4-8-12)11-15(19)13-9-5-2-6-10-13/h1-10,14,16H,11H2/t14-/m0/s1. The van der Waals surface area contributed by atoms with Crippen molar-refractivity contribution in [1.82, 2.24) is 0 Å². The monoisotopic (exact) mass is 260 g/mol. The van der Waals surface area contributed by atoms with Gasteiger partial charge in [0.2, 0.25) is 6.43 Å². The fraction of sp³-hybridized carbons (Fsp3) is 0.188. The summed E-state index contributed by atoms with van der Waals surface area (Å²) in [5, 5.41) is 0. The van der Waals surface area contributed by atoms with Gasteiger partial charge >= 0.3 is 0 Å². The number of hydrogen-bond donors (Lipinski definition) is 0. The fourth-order valence-corrected chi connectivity index (χ4v) is 1.99. The predicted octanol–water partition coefficient (Wildman–Crippen LogP) is 4.31. The smallest absolute Gasteiger partial charge is 0.245 e. The van der Waals surface area contributed by atoms with Crippen molar-refractivity contribution in [1.29, 1.82) is 0 Å². The van der Waals surface area contributed by atoms with Crippen molar-refractivity contribution in [3.63, 3.8) is 0 Å². The number of benzene rings is 2. The summed E-state index contributed by atoms with van der Waals surface area (Å²) in [6, 6.07) is 17.0. The van der Waals surface area contributed by atoms with Crippen LogP contribution in [0.5, 0.6) is 0 Å². The molecule has 0 saturated heterocycles. The Balaban J connectivity index is 2.17. The minimum Gasteiger partial charge on any atom is -0.294 e. The van der Waals surface area contributed by atoms with E-state index in [0.717, 1.165) is 0 Å². The van der Waals surface area contributed by atoms with Crippen molar-refractivity contribution in [2.24, 2.45) is 0 Å². The molecule has 0 bridgehead atoms. The highest BCUT2D eigenvalue weighted by atomic mass is 19.3. The molecule has 0 fully saturated rings. The molecule has 0 saturated carbocycles. The van der Waals surface area contributed by atoms with Gasteiger partial charge in [0.15, 0.2) is 5.78 Å². The van der Waals surface area contributed by atoms with Crippen molar-refractivity contribution in [3.05, 3.63) is 71.8 Å². The molecule has 0 aromatic heterocycles. The Labute approximate surface area is 110 Å². The quantitative estimate of drug-likeness (QED) is 0.732. The first-order valence-corrected chi connectivity index (χ1v) is 6.10. The van der Waals surface area contributed by atoms with E-state index in [1.807, 2.05) is 0 Å². The molecular weight excluding hydrogens is 246 g/mol. The normalized spacial score (nSPS) is 12.4. The van der Waals surface area contributed by atoms with Gasteiger partial charge in [-0.3, -0.25) is 4.79 Å². The molecule has 98 valence electrons. The molecule has 0 aliphatic heterocycles. The Morgan fingerprint density at radius 1 is 0.895 bits per heavy atom. The molecule has 2 rings (SSSR count). The van der Waals surface area contributed by atoms with E-state index in [1.54, 1.807) is 60.7 Å². The second kappa shape index (κ2) is 6.23. The van der Waals surface area contributed by atoms with Gasteiger partial charge in [0, 0.05) is 12.0 Å². The molecule has 3 heteroatoms. The van der Waals surface area contributed by atoms with Crippen molar-refractivity contribution in [2.45, 2.75) is 18.8 Å². The molecule has 0 spiro atoms. The maximum atomic E-state index is 13.1. The summed E-state index contributed by atoms with van der Waals surface area (Å²) in [4.78, 5) is 12.0. The highest BCUT2D eigenvalue weighted by molar-refractivity contribution is 5.96. The number of alkyl halides is 2. The highest BCUT2D eigenvalue weighted by Gasteiger charge is 2.25. The van der Waals surface area contributed by atoms with E-state index in [1.165, 1.54) is 0 Å². The lowest BCUT2D eigenvalue weighted by Gasteiger charge is -2.15. The molecule has 0 radical (unpaired) electrons. The lowest BCUT2D eigenvalue weighted by atomic mass is 9.92. The van der Waals surface area contributed by atoms with Crippen LogP contribution in [0.25, 0.3) is 0 Å². The first-order chi connectivity index (χ1) is 9.18. The minimum absolute atomic E-state index is 0.175. The molecule has 2 aromatic rings. The Bertz CT molecular complexity index is 523. The molecule has 0 aliphatic rings. The van der Waals surface area contributed by atoms with Crippen LogP contribution >= 0.6 is 0 Å². The van der Waals surface area contributed by atoms with Crippen LogP contribution in [0.4, 0.5) is 8.78 Å². The van der Waals surface area contributed by atoms with E-state index in [-0.39, 0.29) is 12.2 Å². The summed E-state index contributed by atoms with van der Waals surface area (Å²) in [5.74, 6) is -1.30. The van der Waals surface area contributed by atoms with Gasteiger partial charge < -0.3 is 0 Å². The van der Waals surface area contributed by atoms with Gasteiger partial charge in [0.05, 0.1) is 5.92 Å². The van der Waals surface area contributed by atoms with Gasteiger partial charge in [-0.05, 0) is 5.56 Å². The van der Waals surface area contributed by atoms with Gasteiger partial charge in [-0.15, -0.1) is 0 Å². The Morgan fingerprint density at radius 2 is 1.42 bits per heavy atom. The molecule has 0 unspecified atom stereocenters. The third-order valence-electron chi connectivity index (χ3n) is 3.03. The fourth-order valence-electron chi connectivity index (χ4n) is 1.99. The van der Waals surface area contributed by atoms with E-state index in [9.17, 15) is 13.6 Å². The highest BCUT2D eigenvalue weighted by Crippen LogP contribution is 2.28. The first kappa shape index (κ1) is 13.4. The number of ketones is 1. The van der Waals surface area contributed by atoms with Gasteiger partial charge in [0.1, 0.15) is 0 Å². The zero-order valence-electron chi connectivity index (χ0n) is 10.3. The largest absolute Gasteiger partial charge is 0.294 e. The summed E-state index contributed by atoms with van der Waals surface area (Å²) in [7, 11) is 0. The second-order valence-corrected chi connectivity index (χ2v) is 4.34. The predicted molar refractivity (Wildman–Crippen MR) is 70.6 cm³/mol. The van der Waals surface area contributed by atoms with Crippen molar-refractivity contribution < 1.29 is 13.6 Å². The van der Waals surface area contributed by atoms with E-state index in [0.29, 0.717) is 11.1 Å². The maximum Gasteiger partial charge on any atom is 0.245 e. The van der Waals surface area contributed by atoms with Crippen LogP contribution < -0.4 is 0 Å². The minimum atomic E-state index is -2.55. The number of Topliss-reactive ketones (excluding diaryl/α,β-unsaturated/α-hetero) is 1. The third-order valence-corrected chi connectivity index (χ3v) is 3.03. The van der Waals surface area contributed by atoms with Crippen molar-refractivity contribution in [2.75, 3.05) is 0 Å². The molecule has 0 amide bonds. The summed E-state index contributed by atoms with van der Waals surface area (Å²) in [5.41, 5.74) is 0.978. The van der Waals surface area contributed by atoms with Crippen LogP contribution in [0.15, 0.2) is 60.7 Å². The van der Waals surface area contributed by atoms with Crippen LogP contribution in [0.3, 0.4) is 0 Å². The number of rotatable bonds is 5. The molecule has 1 nitrogen and oxygen atoms in total. The van der Waals surface area contributed by atoms with Gasteiger partial charge in [-0.25, -0.2) is 8.78 Å². The zero-order chi connectivity index (χ0) is 13.7. The van der Waals surface area contributed by atoms with E-state index < -0.39 is 12.3 Å². The lowest BCUT2D eigenvalue weighted by Crippen LogP contribution is -2.14. The van der Waals surface area contributed by atoms with E-state index in [2.05, 4.69) is 0 Å². The number of carbonyl (C=O) groups is 1.